The Morgan fingerprint density at radius 1 is 1.12 bits per heavy atom. The number of ether oxygens (including phenoxy) is 1. The summed E-state index contributed by atoms with van der Waals surface area (Å²) < 4.78 is 5.22. The van der Waals surface area contributed by atoms with Crippen molar-refractivity contribution in [2.24, 2.45) is 4.99 Å². The minimum atomic E-state index is -0.439. The van der Waals surface area contributed by atoms with Gasteiger partial charge in [0.2, 0.25) is 0 Å². The van der Waals surface area contributed by atoms with E-state index in [-0.39, 0.29) is 5.69 Å². The predicted molar refractivity (Wildman–Crippen MR) is 99.4 cm³/mol. The second-order valence-corrected chi connectivity index (χ2v) is 6.01. The normalized spacial score (nSPS) is 14.7. The number of hydrogen-bond acceptors (Lipinski definition) is 5. The predicted octanol–water partition coefficient (Wildman–Crippen LogP) is 4.34. The van der Waals surface area contributed by atoms with Crippen molar-refractivity contribution >= 4 is 23.3 Å². The van der Waals surface area contributed by atoms with Crippen LogP contribution in [-0.4, -0.2) is 31.3 Å². The zero-order chi connectivity index (χ0) is 17.6. The molecule has 0 amide bonds. The smallest absolute Gasteiger partial charge is 0.271 e. The van der Waals surface area contributed by atoms with Gasteiger partial charge in [-0.05, 0) is 43.0 Å². The molecule has 1 aliphatic heterocycles. The maximum Gasteiger partial charge on any atom is 0.271 e. The second-order valence-electron chi connectivity index (χ2n) is 6.01. The molecule has 2 aromatic carbocycles. The molecule has 0 spiro atoms. The molecule has 3 rings (SSSR count). The van der Waals surface area contributed by atoms with Crippen LogP contribution < -0.4 is 9.64 Å². The quantitative estimate of drug-likeness (QED) is 0.461. The molecule has 1 fully saturated rings. The lowest BCUT2D eigenvalue weighted by molar-refractivity contribution is -0.384. The lowest BCUT2D eigenvalue weighted by Gasteiger charge is -2.28. The van der Waals surface area contributed by atoms with Crippen molar-refractivity contribution in [2.45, 2.75) is 19.3 Å². The first-order chi connectivity index (χ1) is 12.2. The van der Waals surface area contributed by atoms with E-state index >= 15 is 0 Å². The fourth-order valence-corrected chi connectivity index (χ4v) is 2.96. The second kappa shape index (κ2) is 7.79. The van der Waals surface area contributed by atoms with E-state index in [4.69, 9.17) is 4.74 Å². The lowest BCUT2D eigenvalue weighted by atomic mass is 10.1. The number of piperidine rings is 1. The van der Waals surface area contributed by atoms with E-state index in [0.29, 0.717) is 11.4 Å². The van der Waals surface area contributed by atoms with Crippen molar-refractivity contribution in [1.29, 1.82) is 0 Å². The molecule has 0 aromatic heterocycles. The minimum absolute atomic E-state index is 0.00611. The molecule has 6 heteroatoms. The Morgan fingerprint density at radius 3 is 2.48 bits per heavy atom. The zero-order valence-corrected chi connectivity index (χ0v) is 14.2. The van der Waals surface area contributed by atoms with Gasteiger partial charge in [0, 0.05) is 37.1 Å². The largest absolute Gasteiger partial charge is 0.494 e. The van der Waals surface area contributed by atoms with Crippen LogP contribution in [0.3, 0.4) is 0 Å². The fourth-order valence-electron chi connectivity index (χ4n) is 2.96. The first-order valence-corrected chi connectivity index (χ1v) is 8.39. The van der Waals surface area contributed by atoms with E-state index < -0.39 is 4.92 Å². The first kappa shape index (κ1) is 17.0. The van der Waals surface area contributed by atoms with Crippen LogP contribution in [0.2, 0.25) is 0 Å². The van der Waals surface area contributed by atoms with Gasteiger partial charge in [-0.2, -0.15) is 0 Å². The standard InChI is InChI=1S/C19H21N3O3/c1-25-19-10-9-17(22(23)24)13-18(19)20-14-15-5-7-16(8-6-15)21-11-3-2-4-12-21/h5-10,13-14H,2-4,11-12H2,1H3. The average molecular weight is 339 g/mol. The highest BCUT2D eigenvalue weighted by molar-refractivity contribution is 5.83. The minimum Gasteiger partial charge on any atom is -0.494 e. The summed E-state index contributed by atoms with van der Waals surface area (Å²) in [4.78, 5) is 17.2. The number of non-ortho nitro benzene ring substituents is 1. The van der Waals surface area contributed by atoms with E-state index in [9.17, 15) is 10.1 Å². The van der Waals surface area contributed by atoms with Crippen LogP contribution in [-0.2, 0) is 0 Å². The van der Waals surface area contributed by atoms with Crippen molar-refractivity contribution in [3.63, 3.8) is 0 Å². The van der Waals surface area contributed by atoms with Gasteiger partial charge in [-0.25, -0.2) is 0 Å². The molecule has 0 atom stereocenters. The number of nitro benzene ring substituents is 1. The first-order valence-electron chi connectivity index (χ1n) is 8.39. The van der Waals surface area contributed by atoms with Gasteiger partial charge in [-0.3, -0.25) is 15.1 Å². The SMILES string of the molecule is COc1ccc([N+](=O)[O-])cc1N=Cc1ccc(N2CCCCC2)cc1. The summed E-state index contributed by atoms with van der Waals surface area (Å²) in [7, 11) is 1.52. The van der Waals surface area contributed by atoms with Gasteiger partial charge in [0.05, 0.1) is 12.0 Å². The Kier molecular flexibility index (Phi) is 5.28. The number of rotatable bonds is 5. The summed E-state index contributed by atoms with van der Waals surface area (Å²) in [6.07, 6.45) is 5.50. The Balaban J connectivity index is 1.77. The molecule has 0 radical (unpaired) electrons. The van der Waals surface area contributed by atoms with Gasteiger partial charge >= 0.3 is 0 Å². The zero-order valence-electron chi connectivity index (χ0n) is 14.2. The molecule has 0 unspecified atom stereocenters. The summed E-state index contributed by atoms with van der Waals surface area (Å²) in [5.41, 5.74) is 2.60. The van der Waals surface area contributed by atoms with Crippen LogP contribution in [0.1, 0.15) is 24.8 Å². The van der Waals surface area contributed by atoms with Crippen molar-refractivity contribution in [3.05, 3.63) is 58.1 Å². The molecule has 130 valence electrons. The summed E-state index contributed by atoms with van der Waals surface area (Å²) in [6.45, 7) is 2.22. The van der Waals surface area contributed by atoms with Crippen LogP contribution in [0.5, 0.6) is 5.75 Å². The van der Waals surface area contributed by atoms with E-state index in [0.717, 1.165) is 18.7 Å². The van der Waals surface area contributed by atoms with E-state index in [1.54, 1.807) is 12.3 Å². The monoisotopic (exact) mass is 339 g/mol. The maximum absolute atomic E-state index is 10.9. The number of nitrogens with zero attached hydrogens (tertiary/aromatic N) is 3. The molecule has 0 aliphatic carbocycles. The molecular formula is C19H21N3O3. The third kappa shape index (κ3) is 4.15. The number of hydrogen-bond donors (Lipinski definition) is 0. The van der Waals surface area contributed by atoms with Gasteiger partial charge in [-0.15, -0.1) is 0 Å². The number of anilines is 1. The van der Waals surface area contributed by atoms with Gasteiger partial charge in [0.25, 0.3) is 5.69 Å². The van der Waals surface area contributed by atoms with Crippen LogP contribution in [0.25, 0.3) is 0 Å². The summed E-state index contributed by atoms with van der Waals surface area (Å²) in [6, 6.07) is 12.6. The molecule has 1 heterocycles. The number of benzene rings is 2. The molecule has 1 saturated heterocycles. The van der Waals surface area contributed by atoms with Crippen LogP contribution in [0, 0.1) is 10.1 Å². The molecule has 25 heavy (non-hydrogen) atoms. The van der Waals surface area contributed by atoms with Crippen molar-refractivity contribution in [2.75, 3.05) is 25.1 Å². The Bertz CT molecular complexity index is 766. The van der Waals surface area contributed by atoms with Gasteiger partial charge in [0.15, 0.2) is 0 Å². The van der Waals surface area contributed by atoms with Crippen molar-refractivity contribution in [1.82, 2.24) is 0 Å². The van der Waals surface area contributed by atoms with Gasteiger partial charge in [-0.1, -0.05) is 12.1 Å². The molecule has 0 bridgehead atoms. The summed E-state index contributed by atoms with van der Waals surface area (Å²) in [5.74, 6) is 0.506. The Labute approximate surface area is 146 Å². The number of methoxy groups -OCH3 is 1. The summed E-state index contributed by atoms with van der Waals surface area (Å²) in [5, 5.41) is 10.9. The highest BCUT2D eigenvalue weighted by atomic mass is 16.6. The molecular weight excluding hydrogens is 318 g/mol. The highest BCUT2D eigenvalue weighted by Crippen LogP contribution is 2.31. The maximum atomic E-state index is 10.9. The van der Waals surface area contributed by atoms with Crippen molar-refractivity contribution < 1.29 is 9.66 Å². The fraction of sp³-hybridized carbons (Fsp3) is 0.316. The number of nitro groups is 1. The Morgan fingerprint density at radius 2 is 1.84 bits per heavy atom. The average Bonchev–Trinajstić information content (AvgIpc) is 2.67. The van der Waals surface area contributed by atoms with Crippen molar-refractivity contribution in [3.8, 4) is 5.75 Å². The molecule has 1 aliphatic rings. The van der Waals surface area contributed by atoms with Crippen LogP contribution in [0.4, 0.5) is 17.1 Å². The van der Waals surface area contributed by atoms with Crippen LogP contribution in [0.15, 0.2) is 47.5 Å². The van der Waals surface area contributed by atoms with E-state index in [1.807, 2.05) is 12.1 Å². The highest BCUT2D eigenvalue weighted by Gasteiger charge is 2.11. The van der Waals surface area contributed by atoms with Gasteiger partial charge < -0.3 is 9.64 Å². The van der Waals surface area contributed by atoms with Gasteiger partial charge in [0.1, 0.15) is 11.4 Å². The topological polar surface area (TPSA) is 68.0 Å². The number of aliphatic imine (C=N–C) groups is 1. The molecule has 0 saturated carbocycles. The molecule has 0 N–H and O–H groups in total. The van der Waals surface area contributed by atoms with E-state index in [1.165, 1.54) is 44.2 Å². The third-order valence-electron chi connectivity index (χ3n) is 4.34. The van der Waals surface area contributed by atoms with E-state index in [2.05, 4.69) is 22.0 Å². The van der Waals surface area contributed by atoms with Crippen LogP contribution >= 0.6 is 0 Å². The summed E-state index contributed by atoms with van der Waals surface area (Å²) >= 11 is 0. The lowest BCUT2D eigenvalue weighted by Crippen LogP contribution is -2.29. The third-order valence-corrected chi connectivity index (χ3v) is 4.34. The molecule has 2 aromatic rings. The molecule has 6 nitrogen and oxygen atoms in total. The Hall–Kier alpha value is -2.89.